The highest BCUT2D eigenvalue weighted by Crippen LogP contribution is 2.39. The van der Waals surface area contributed by atoms with E-state index < -0.39 is 0 Å². The van der Waals surface area contributed by atoms with E-state index in [9.17, 15) is 0 Å². The summed E-state index contributed by atoms with van der Waals surface area (Å²) in [6, 6.07) is 6.57. The van der Waals surface area contributed by atoms with Crippen LogP contribution in [0.3, 0.4) is 0 Å². The number of anilines is 1. The van der Waals surface area contributed by atoms with Crippen LogP contribution in [0, 0.1) is 0 Å². The highest BCUT2D eigenvalue weighted by atomic mass is 16.5. The molecule has 2 N–H and O–H groups in total. The molecule has 3 nitrogen and oxygen atoms in total. The molecule has 1 heterocycles. The van der Waals surface area contributed by atoms with Crippen LogP contribution in [0.1, 0.15) is 24.8 Å². The van der Waals surface area contributed by atoms with Gasteiger partial charge in [-0.15, -0.1) is 0 Å². The Balaban J connectivity index is 2.28. The van der Waals surface area contributed by atoms with Gasteiger partial charge in [-0.3, -0.25) is 0 Å². The van der Waals surface area contributed by atoms with Crippen LogP contribution in [0.25, 0.3) is 0 Å². The van der Waals surface area contributed by atoms with Crippen molar-refractivity contribution in [3.63, 3.8) is 0 Å². The second-order valence-corrected chi connectivity index (χ2v) is 4.72. The van der Waals surface area contributed by atoms with Gasteiger partial charge in [0.25, 0.3) is 0 Å². The van der Waals surface area contributed by atoms with E-state index in [0.717, 1.165) is 18.7 Å². The van der Waals surface area contributed by atoms with Crippen LogP contribution in [0.15, 0.2) is 18.2 Å². The van der Waals surface area contributed by atoms with Crippen molar-refractivity contribution in [2.24, 2.45) is 5.73 Å². The van der Waals surface area contributed by atoms with Crippen LogP contribution >= 0.6 is 0 Å². The van der Waals surface area contributed by atoms with Gasteiger partial charge in [-0.2, -0.15) is 0 Å². The fraction of sp³-hybridized carbons (Fsp3) is 0.538. The number of fused-ring (bicyclic) bond motifs is 1. The number of nitrogens with zero attached hydrogens (tertiary/aromatic N) is 1. The van der Waals surface area contributed by atoms with Gasteiger partial charge < -0.3 is 15.4 Å². The molecular formula is C13H20N2O. The van der Waals surface area contributed by atoms with Gasteiger partial charge in [0, 0.05) is 37.3 Å². The van der Waals surface area contributed by atoms with Crippen LogP contribution in [0.4, 0.5) is 5.69 Å². The standard InChI is InChI=1S/C13H20N2O/c1-9(14)6-10-8-15(2)13-7-11(16-3)4-5-12(10)13/h4-5,7,9-10H,6,8,14H2,1-3H3. The number of hydrogen-bond acceptors (Lipinski definition) is 3. The second-order valence-electron chi connectivity index (χ2n) is 4.72. The van der Waals surface area contributed by atoms with E-state index in [2.05, 4.69) is 31.0 Å². The Morgan fingerprint density at radius 1 is 1.56 bits per heavy atom. The molecule has 1 aliphatic rings. The molecule has 88 valence electrons. The molecule has 2 atom stereocenters. The molecule has 1 aromatic rings. The fourth-order valence-corrected chi connectivity index (χ4v) is 2.50. The first kappa shape index (κ1) is 11.3. The third-order valence-electron chi connectivity index (χ3n) is 3.24. The van der Waals surface area contributed by atoms with Crippen LogP contribution in [0.2, 0.25) is 0 Å². The monoisotopic (exact) mass is 220 g/mol. The lowest BCUT2D eigenvalue weighted by Crippen LogP contribution is -2.22. The Morgan fingerprint density at radius 3 is 2.94 bits per heavy atom. The van der Waals surface area contributed by atoms with Crippen molar-refractivity contribution < 1.29 is 4.74 Å². The second kappa shape index (κ2) is 4.34. The van der Waals surface area contributed by atoms with E-state index in [-0.39, 0.29) is 6.04 Å². The first-order chi connectivity index (χ1) is 7.61. The third-order valence-corrected chi connectivity index (χ3v) is 3.24. The van der Waals surface area contributed by atoms with E-state index in [1.54, 1.807) is 7.11 Å². The summed E-state index contributed by atoms with van der Waals surface area (Å²) in [6.45, 7) is 3.13. The molecule has 0 bridgehead atoms. The van der Waals surface area contributed by atoms with Gasteiger partial charge in [0.05, 0.1) is 7.11 Å². The normalized spacial score (nSPS) is 20.8. The summed E-state index contributed by atoms with van der Waals surface area (Å²) in [7, 11) is 3.83. The van der Waals surface area contributed by atoms with Crippen molar-refractivity contribution in [1.29, 1.82) is 0 Å². The van der Waals surface area contributed by atoms with Crippen molar-refractivity contribution in [3.8, 4) is 5.75 Å². The van der Waals surface area contributed by atoms with Gasteiger partial charge in [0.15, 0.2) is 0 Å². The molecule has 2 unspecified atom stereocenters. The van der Waals surface area contributed by atoms with Gasteiger partial charge in [-0.1, -0.05) is 6.07 Å². The highest BCUT2D eigenvalue weighted by Gasteiger charge is 2.27. The fourth-order valence-electron chi connectivity index (χ4n) is 2.50. The summed E-state index contributed by atoms with van der Waals surface area (Å²) in [4.78, 5) is 2.28. The van der Waals surface area contributed by atoms with Gasteiger partial charge >= 0.3 is 0 Å². The van der Waals surface area contributed by atoms with E-state index in [1.165, 1.54) is 11.3 Å². The molecule has 0 aliphatic carbocycles. The summed E-state index contributed by atoms with van der Waals surface area (Å²) < 4.78 is 5.25. The molecule has 1 aromatic carbocycles. The summed E-state index contributed by atoms with van der Waals surface area (Å²) in [5.74, 6) is 1.48. The minimum atomic E-state index is 0.256. The van der Waals surface area contributed by atoms with Crippen LogP contribution in [0.5, 0.6) is 5.75 Å². The Morgan fingerprint density at radius 2 is 2.31 bits per heavy atom. The number of hydrogen-bond donors (Lipinski definition) is 1. The molecule has 0 saturated heterocycles. The zero-order chi connectivity index (χ0) is 11.7. The Kier molecular flexibility index (Phi) is 3.06. The minimum Gasteiger partial charge on any atom is -0.497 e. The lowest BCUT2D eigenvalue weighted by atomic mass is 9.95. The molecular weight excluding hydrogens is 200 g/mol. The number of nitrogens with two attached hydrogens (primary N) is 1. The summed E-state index contributed by atoms with van der Waals surface area (Å²) in [5, 5.41) is 0. The Bertz CT molecular complexity index is 376. The van der Waals surface area contributed by atoms with E-state index in [1.807, 2.05) is 6.07 Å². The van der Waals surface area contributed by atoms with Crippen LogP contribution < -0.4 is 15.4 Å². The molecule has 1 aliphatic heterocycles. The summed E-state index contributed by atoms with van der Waals surface area (Å²) in [6.07, 6.45) is 1.05. The lowest BCUT2D eigenvalue weighted by Gasteiger charge is -2.14. The van der Waals surface area contributed by atoms with Crippen LogP contribution in [-0.2, 0) is 0 Å². The zero-order valence-electron chi connectivity index (χ0n) is 10.2. The van der Waals surface area contributed by atoms with Gasteiger partial charge in [0.1, 0.15) is 5.75 Å². The SMILES string of the molecule is COc1ccc2c(c1)N(C)CC2CC(C)N. The maximum atomic E-state index is 5.89. The number of likely N-dealkylation sites (N-methyl/N-ethyl adjacent to an activating group) is 1. The molecule has 3 heteroatoms. The summed E-state index contributed by atoms with van der Waals surface area (Å²) in [5.41, 5.74) is 8.57. The number of benzene rings is 1. The van der Waals surface area contributed by atoms with E-state index >= 15 is 0 Å². The largest absolute Gasteiger partial charge is 0.497 e. The average molecular weight is 220 g/mol. The lowest BCUT2D eigenvalue weighted by molar-refractivity contribution is 0.415. The zero-order valence-corrected chi connectivity index (χ0v) is 10.2. The van der Waals surface area contributed by atoms with Gasteiger partial charge in [-0.05, 0) is 25.0 Å². The average Bonchev–Trinajstić information content (AvgIpc) is 2.54. The van der Waals surface area contributed by atoms with E-state index in [4.69, 9.17) is 10.5 Å². The smallest absolute Gasteiger partial charge is 0.120 e. The van der Waals surface area contributed by atoms with Crippen molar-refractivity contribution in [1.82, 2.24) is 0 Å². The molecule has 0 aromatic heterocycles. The van der Waals surface area contributed by atoms with Gasteiger partial charge in [-0.25, -0.2) is 0 Å². The minimum absolute atomic E-state index is 0.256. The number of rotatable bonds is 3. The molecule has 0 saturated carbocycles. The maximum absolute atomic E-state index is 5.89. The quantitative estimate of drug-likeness (QED) is 0.846. The van der Waals surface area contributed by atoms with Crippen molar-refractivity contribution in [2.45, 2.75) is 25.3 Å². The van der Waals surface area contributed by atoms with Crippen molar-refractivity contribution in [3.05, 3.63) is 23.8 Å². The first-order valence-electron chi connectivity index (χ1n) is 5.76. The molecule has 2 rings (SSSR count). The Hall–Kier alpha value is -1.22. The van der Waals surface area contributed by atoms with Crippen LogP contribution in [-0.4, -0.2) is 26.7 Å². The van der Waals surface area contributed by atoms with Crippen molar-refractivity contribution in [2.75, 3.05) is 25.6 Å². The molecule has 0 fully saturated rings. The van der Waals surface area contributed by atoms with Gasteiger partial charge in [0.2, 0.25) is 0 Å². The molecule has 0 amide bonds. The highest BCUT2D eigenvalue weighted by molar-refractivity contribution is 5.62. The van der Waals surface area contributed by atoms with Crippen molar-refractivity contribution >= 4 is 5.69 Å². The predicted molar refractivity (Wildman–Crippen MR) is 67.3 cm³/mol. The molecule has 0 spiro atoms. The number of methoxy groups -OCH3 is 1. The van der Waals surface area contributed by atoms with E-state index in [0.29, 0.717) is 5.92 Å². The topological polar surface area (TPSA) is 38.5 Å². The predicted octanol–water partition coefficient (Wildman–Crippen LogP) is 1.97. The Labute approximate surface area is 97.2 Å². The summed E-state index contributed by atoms with van der Waals surface area (Å²) >= 11 is 0. The molecule has 0 radical (unpaired) electrons. The third kappa shape index (κ3) is 2.00. The maximum Gasteiger partial charge on any atom is 0.120 e. The molecule has 16 heavy (non-hydrogen) atoms. The first-order valence-corrected chi connectivity index (χ1v) is 5.76. The number of ether oxygens (including phenoxy) is 1.